The van der Waals surface area contributed by atoms with Crippen LogP contribution < -0.4 is 0 Å². The van der Waals surface area contributed by atoms with E-state index in [2.05, 4.69) is 76.0 Å². The van der Waals surface area contributed by atoms with Gasteiger partial charge in [0.2, 0.25) is 0 Å². The van der Waals surface area contributed by atoms with E-state index < -0.39 is 0 Å². The first kappa shape index (κ1) is 23.5. The van der Waals surface area contributed by atoms with Crippen LogP contribution in [0.4, 0.5) is 11.4 Å². The number of aryl methyl sites for hydroxylation is 4. The largest absolute Gasteiger partial charge is 0.255 e. The Morgan fingerprint density at radius 2 is 1.37 bits per heavy atom. The van der Waals surface area contributed by atoms with Gasteiger partial charge in [-0.05, 0) is 87.1 Å². The molecule has 2 aromatic carbocycles. The van der Waals surface area contributed by atoms with E-state index in [0.717, 1.165) is 29.9 Å². The predicted octanol–water partition coefficient (Wildman–Crippen LogP) is 7.36. The van der Waals surface area contributed by atoms with Crippen LogP contribution in [-0.4, -0.2) is 11.9 Å². The molecule has 3 heteroatoms. The summed E-state index contributed by atoms with van der Waals surface area (Å²) in [4.78, 5) is 9.57. The summed E-state index contributed by atoms with van der Waals surface area (Å²) in [5, 5.41) is 0. The number of aliphatic imine (C=N–C) groups is 2. The minimum absolute atomic E-state index is 0. The second-order valence-electron chi connectivity index (χ2n) is 7.21. The molecular formula is C24H32N2Pd. The molecule has 27 heavy (non-hydrogen) atoms. The van der Waals surface area contributed by atoms with Crippen LogP contribution in [0.5, 0.6) is 0 Å². The van der Waals surface area contributed by atoms with E-state index in [1.165, 1.54) is 41.5 Å². The zero-order chi connectivity index (χ0) is 18.9. The van der Waals surface area contributed by atoms with Crippen molar-refractivity contribution in [1.82, 2.24) is 0 Å². The fourth-order valence-corrected chi connectivity index (χ4v) is 2.80. The first-order chi connectivity index (χ1) is 12.5. The summed E-state index contributed by atoms with van der Waals surface area (Å²) >= 11 is 0. The molecule has 0 bridgehead atoms. The van der Waals surface area contributed by atoms with Crippen molar-refractivity contribution in [2.24, 2.45) is 9.98 Å². The predicted molar refractivity (Wildman–Crippen MR) is 116 cm³/mol. The monoisotopic (exact) mass is 454 g/mol. The van der Waals surface area contributed by atoms with Crippen molar-refractivity contribution >= 4 is 23.3 Å². The molecule has 0 N–H and O–H groups in total. The Labute approximate surface area is 178 Å². The van der Waals surface area contributed by atoms with Gasteiger partial charge >= 0.3 is 0 Å². The van der Waals surface area contributed by atoms with Crippen LogP contribution in [0.3, 0.4) is 0 Å². The molecule has 0 saturated heterocycles. The van der Waals surface area contributed by atoms with Gasteiger partial charge in [-0.25, -0.2) is 0 Å². The van der Waals surface area contributed by atoms with Gasteiger partial charge in [-0.3, -0.25) is 9.98 Å². The van der Waals surface area contributed by atoms with Crippen LogP contribution in [0.1, 0.15) is 61.3 Å². The summed E-state index contributed by atoms with van der Waals surface area (Å²) < 4.78 is 0. The summed E-state index contributed by atoms with van der Waals surface area (Å²) in [7, 11) is 0. The zero-order valence-corrected chi connectivity index (χ0v) is 18.8. The maximum Gasteiger partial charge on any atom is 0.0636 e. The van der Waals surface area contributed by atoms with Crippen LogP contribution in [0.15, 0.2) is 46.4 Å². The van der Waals surface area contributed by atoms with E-state index in [4.69, 9.17) is 4.99 Å². The van der Waals surface area contributed by atoms with Gasteiger partial charge < -0.3 is 0 Å². The molecule has 0 aliphatic rings. The number of benzene rings is 2. The van der Waals surface area contributed by atoms with E-state index in [1.54, 1.807) is 0 Å². The summed E-state index contributed by atoms with van der Waals surface area (Å²) in [6, 6.07) is 12.7. The Bertz CT molecular complexity index is 791. The number of nitrogens with zero attached hydrogens (tertiary/aromatic N) is 2. The van der Waals surface area contributed by atoms with Gasteiger partial charge in [0.15, 0.2) is 0 Å². The molecule has 148 valence electrons. The van der Waals surface area contributed by atoms with E-state index in [9.17, 15) is 0 Å². The molecular weight excluding hydrogens is 423 g/mol. The summed E-state index contributed by atoms with van der Waals surface area (Å²) in [5.41, 5.74) is 8.23. The third kappa shape index (κ3) is 7.91. The molecule has 0 aromatic heterocycles. The normalized spacial score (nSPS) is 11.7. The Balaban J connectivity index is 0.00000364. The molecule has 0 aliphatic heterocycles. The first-order valence-electron chi connectivity index (χ1n) is 9.75. The second-order valence-corrected chi connectivity index (χ2v) is 7.21. The maximum absolute atomic E-state index is 4.88. The average Bonchev–Trinajstić information content (AvgIpc) is 2.62. The smallest absolute Gasteiger partial charge is 0.0636 e. The Morgan fingerprint density at radius 1 is 0.778 bits per heavy atom. The van der Waals surface area contributed by atoms with Gasteiger partial charge in [-0.15, -0.1) is 0 Å². The van der Waals surface area contributed by atoms with Gasteiger partial charge in [-0.1, -0.05) is 38.3 Å². The van der Waals surface area contributed by atoms with Crippen molar-refractivity contribution in [1.29, 1.82) is 0 Å². The molecule has 2 nitrogen and oxygen atoms in total. The molecule has 0 atom stereocenters. The standard InChI is InChI=1S/C24H32N2.Pd/c1-6-7-8-9-10-24(26-23-14-12-19(3)21(5)16-23)17-25-22-13-11-18(2)20(4)15-22;/h11-17H,6-10H2,1-5H3;/b25-17+,26-24+;. The van der Waals surface area contributed by atoms with Crippen molar-refractivity contribution in [3.05, 3.63) is 58.7 Å². The van der Waals surface area contributed by atoms with Crippen molar-refractivity contribution in [3.63, 3.8) is 0 Å². The zero-order valence-electron chi connectivity index (χ0n) is 17.3. The molecule has 0 unspecified atom stereocenters. The average molecular weight is 455 g/mol. The second kappa shape index (κ2) is 12.0. The molecule has 0 heterocycles. The van der Waals surface area contributed by atoms with Crippen LogP contribution in [0.2, 0.25) is 0 Å². The van der Waals surface area contributed by atoms with Gasteiger partial charge in [0, 0.05) is 26.6 Å². The Kier molecular flexibility index (Phi) is 10.4. The summed E-state index contributed by atoms with van der Waals surface area (Å²) in [6.07, 6.45) is 7.87. The van der Waals surface area contributed by atoms with E-state index in [-0.39, 0.29) is 20.4 Å². The van der Waals surface area contributed by atoms with E-state index in [1.807, 2.05) is 6.21 Å². The molecule has 0 fully saturated rings. The third-order valence-electron chi connectivity index (χ3n) is 4.90. The van der Waals surface area contributed by atoms with Gasteiger partial charge in [-0.2, -0.15) is 0 Å². The van der Waals surface area contributed by atoms with Crippen molar-refractivity contribution in [2.75, 3.05) is 0 Å². The molecule has 0 radical (unpaired) electrons. The topological polar surface area (TPSA) is 24.7 Å². The Hall–Kier alpha value is -1.56. The number of rotatable bonds is 8. The van der Waals surface area contributed by atoms with Crippen molar-refractivity contribution < 1.29 is 20.4 Å². The molecule has 2 rings (SSSR count). The van der Waals surface area contributed by atoms with Gasteiger partial charge in [0.1, 0.15) is 0 Å². The Morgan fingerprint density at radius 3 is 1.96 bits per heavy atom. The molecule has 2 aromatic rings. The van der Waals surface area contributed by atoms with Gasteiger partial charge in [0.25, 0.3) is 0 Å². The van der Waals surface area contributed by atoms with Crippen LogP contribution in [0, 0.1) is 27.7 Å². The number of unbranched alkanes of at least 4 members (excludes halogenated alkanes) is 3. The molecule has 0 saturated carbocycles. The fraction of sp³-hybridized carbons (Fsp3) is 0.417. The molecule has 0 spiro atoms. The molecule has 0 amide bonds. The fourth-order valence-electron chi connectivity index (χ4n) is 2.80. The maximum atomic E-state index is 4.88. The minimum Gasteiger partial charge on any atom is -0.255 e. The van der Waals surface area contributed by atoms with E-state index in [0.29, 0.717) is 0 Å². The quantitative estimate of drug-likeness (QED) is 0.226. The van der Waals surface area contributed by atoms with Crippen LogP contribution >= 0.6 is 0 Å². The summed E-state index contributed by atoms with van der Waals surface area (Å²) in [5.74, 6) is 0. The minimum atomic E-state index is 0. The van der Waals surface area contributed by atoms with Crippen LogP contribution in [-0.2, 0) is 20.4 Å². The van der Waals surface area contributed by atoms with E-state index >= 15 is 0 Å². The molecule has 0 aliphatic carbocycles. The van der Waals surface area contributed by atoms with Crippen molar-refractivity contribution in [3.8, 4) is 0 Å². The number of hydrogen-bond donors (Lipinski definition) is 0. The first-order valence-corrected chi connectivity index (χ1v) is 9.75. The summed E-state index contributed by atoms with van der Waals surface area (Å²) in [6.45, 7) is 10.8. The van der Waals surface area contributed by atoms with Crippen LogP contribution in [0.25, 0.3) is 0 Å². The number of hydrogen-bond acceptors (Lipinski definition) is 2. The SMILES string of the molecule is CCCCCCC(/C=N/c1ccc(C)c(C)c1)=N\c1ccc(C)c(C)c1.[Pd]. The third-order valence-corrected chi connectivity index (χ3v) is 4.90. The van der Waals surface area contributed by atoms with Gasteiger partial charge in [0.05, 0.1) is 17.1 Å². The van der Waals surface area contributed by atoms with Crippen molar-refractivity contribution in [2.45, 2.75) is 66.7 Å².